The Hall–Kier alpha value is -3.23. The molecule has 2 N–H and O–H groups in total. The molecule has 130 valence electrons. The van der Waals surface area contributed by atoms with Crippen LogP contribution in [0.1, 0.15) is 15.9 Å². The zero-order valence-corrected chi connectivity index (χ0v) is 12.7. The second-order valence-corrected chi connectivity index (χ2v) is 5.16. The summed E-state index contributed by atoms with van der Waals surface area (Å²) in [5.74, 6) is -1.92. The topological polar surface area (TPSA) is 84.2 Å². The molecular formula is C16H11F3N2O4. The van der Waals surface area contributed by atoms with Crippen molar-refractivity contribution in [3.63, 3.8) is 0 Å². The molecule has 0 radical (unpaired) electrons. The summed E-state index contributed by atoms with van der Waals surface area (Å²) < 4.78 is 48.0. The molecule has 0 saturated heterocycles. The van der Waals surface area contributed by atoms with Crippen LogP contribution < -0.4 is 15.2 Å². The number of imidazole rings is 1. The summed E-state index contributed by atoms with van der Waals surface area (Å²) >= 11 is 0. The van der Waals surface area contributed by atoms with E-state index in [4.69, 9.17) is 4.74 Å². The van der Waals surface area contributed by atoms with E-state index in [-0.39, 0.29) is 28.1 Å². The number of halogens is 3. The van der Waals surface area contributed by atoms with Gasteiger partial charge in [0.1, 0.15) is 22.8 Å². The maximum atomic E-state index is 13.9. The molecule has 0 amide bonds. The number of aromatic nitrogens is 2. The standard InChI is InChI=1S/C16H11F3N2O4/c1-7-2-3-9(6-12(7)25-15(18)19)24-14(22)8-4-10(17)13-11(5-8)20-16(23)21-13/h2-6,15H,1H3,(H2,20,21,23). The smallest absolute Gasteiger partial charge is 0.387 e. The molecule has 0 aliphatic rings. The zero-order valence-electron chi connectivity index (χ0n) is 12.7. The molecule has 0 aliphatic carbocycles. The Bertz CT molecular complexity index is 1010. The van der Waals surface area contributed by atoms with Crippen LogP contribution in [-0.2, 0) is 0 Å². The lowest BCUT2D eigenvalue weighted by molar-refractivity contribution is -0.0503. The first-order chi connectivity index (χ1) is 11.8. The van der Waals surface area contributed by atoms with Gasteiger partial charge in [0.15, 0.2) is 0 Å². The molecule has 3 aromatic rings. The first-order valence-electron chi connectivity index (χ1n) is 7.02. The number of rotatable bonds is 4. The highest BCUT2D eigenvalue weighted by Gasteiger charge is 2.16. The molecule has 0 fully saturated rings. The molecule has 2 aromatic carbocycles. The van der Waals surface area contributed by atoms with Crippen LogP contribution in [0.3, 0.4) is 0 Å². The first-order valence-corrected chi connectivity index (χ1v) is 7.02. The van der Waals surface area contributed by atoms with Crippen LogP contribution in [0.4, 0.5) is 13.2 Å². The number of ether oxygens (including phenoxy) is 2. The van der Waals surface area contributed by atoms with Crippen molar-refractivity contribution in [2.45, 2.75) is 13.5 Å². The summed E-state index contributed by atoms with van der Waals surface area (Å²) in [4.78, 5) is 27.9. The number of nitrogens with one attached hydrogen (secondary N) is 2. The molecule has 1 aromatic heterocycles. The first kappa shape index (κ1) is 16.6. The van der Waals surface area contributed by atoms with Gasteiger partial charge in [0, 0.05) is 6.07 Å². The Morgan fingerprint density at radius 3 is 2.64 bits per heavy atom. The van der Waals surface area contributed by atoms with Crippen LogP contribution in [0, 0.1) is 12.7 Å². The van der Waals surface area contributed by atoms with Crippen LogP contribution in [0.5, 0.6) is 11.5 Å². The number of hydrogen-bond donors (Lipinski definition) is 2. The Balaban J connectivity index is 1.88. The van der Waals surface area contributed by atoms with E-state index >= 15 is 0 Å². The third-order valence-electron chi connectivity index (χ3n) is 3.40. The molecule has 0 aliphatic heterocycles. The minimum Gasteiger partial charge on any atom is -0.434 e. The number of aromatic amines is 2. The van der Waals surface area contributed by atoms with Crippen LogP contribution in [0.15, 0.2) is 35.1 Å². The predicted octanol–water partition coefficient (Wildman–Crippen LogP) is 3.12. The van der Waals surface area contributed by atoms with Crippen LogP contribution in [0.2, 0.25) is 0 Å². The lowest BCUT2D eigenvalue weighted by Crippen LogP contribution is -2.10. The van der Waals surface area contributed by atoms with Crippen molar-refractivity contribution in [2.24, 2.45) is 0 Å². The summed E-state index contributed by atoms with van der Waals surface area (Å²) in [5.41, 5.74) is -0.312. The number of carbonyl (C=O) groups is 1. The number of H-pyrrole nitrogens is 2. The normalized spacial score (nSPS) is 11.1. The molecule has 0 atom stereocenters. The summed E-state index contributed by atoms with van der Waals surface area (Å²) in [6.07, 6.45) is 0. The molecule has 0 bridgehead atoms. The fourth-order valence-electron chi connectivity index (χ4n) is 2.25. The predicted molar refractivity (Wildman–Crippen MR) is 81.6 cm³/mol. The number of fused-ring (bicyclic) bond motifs is 1. The summed E-state index contributed by atoms with van der Waals surface area (Å²) in [6.45, 7) is -1.47. The molecule has 1 heterocycles. The van der Waals surface area contributed by atoms with E-state index in [1.807, 2.05) is 0 Å². The van der Waals surface area contributed by atoms with Crippen molar-refractivity contribution in [1.29, 1.82) is 0 Å². The van der Waals surface area contributed by atoms with E-state index in [9.17, 15) is 22.8 Å². The summed E-state index contributed by atoms with van der Waals surface area (Å²) in [6, 6.07) is 6.10. The van der Waals surface area contributed by atoms with Crippen molar-refractivity contribution in [3.8, 4) is 11.5 Å². The van der Waals surface area contributed by atoms with Crippen molar-refractivity contribution in [1.82, 2.24) is 9.97 Å². The van der Waals surface area contributed by atoms with Crippen molar-refractivity contribution in [3.05, 3.63) is 57.8 Å². The van der Waals surface area contributed by atoms with Gasteiger partial charge in [0.05, 0.1) is 11.1 Å². The summed E-state index contributed by atoms with van der Waals surface area (Å²) in [7, 11) is 0. The van der Waals surface area contributed by atoms with Gasteiger partial charge >= 0.3 is 18.3 Å². The molecule has 0 unspecified atom stereocenters. The molecule has 3 rings (SSSR count). The van der Waals surface area contributed by atoms with Gasteiger partial charge in [0.2, 0.25) is 0 Å². The largest absolute Gasteiger partial charge is 0.434 e. The lowest BCUT2D eigenvalue weighted by Gasteiger charge is -2.10. The Labute approximate surface area is 138 Å². The average molecular weight is 352 g/mol. The van der Waals surface area contributed by atoms with Gasteiger partial charge in [-0.25, -0.2) is 14.0 Å². The summed E-state index contributed by atoms with van der Waals surface area (Å²) in [5, 5.41) is 0. The number of alkyl halides is 2. The lowest BCUT2D eigenvalue weighted by atomic mass is 10.2. The monoisotopic (exact) mass is 352 g/mol. The van der Waals surface area contributed by atoms with E-state index in [1.165, 1.54) is 18.2 Å². The third-order valence-corrected chi connectivity index (χ3v) is 3.40. The minimum atomic E-state index is -3.02. The van der Waals surface area contributed by atoms with Gasteiger partial charge in [-0.3, -0.25) is 0 Å². The molecular weight excluding hydrogens is 341 g/mol. The van der Waals surface area contributed by atoms with E-state index in [0.29, 0.717) is 5.56 Å². The van der Waals surface area contributed by atoms with Gasteiger partial charge in [-0.1, -0.05) is 6.07 Å². The quantitative estimate of drug-likeness (QED) is 0.558. The zero-order chi connectivity index (χ0) is 18.1. The molecule has 0 spiro atoms. The van der Waals surface area contributed by atoms with Crippen LogP contribution >= 0.6 is 0 Å². The average Bonchev–Trinajstić information content (AvgIpc) is 2.91. The van der Waals surface area contributed by atoms with Crippen molar-refractivity contribution in [2.75, 3.05) is 0 Å². The Morgan fingerprint density at radius 2 is 1.92 bits per heavy atom. The maximum Gasteiger partial charge on any atom is 0.387 e. The number of benzene rings is 2. The molecule has 0 saturated carbocycles. The molecule has 9 heteroatoms. The van der Waals surface area contributed by atoms with E-state index in [0.717, 1.165) is 12.1 Å². The van der Waals surface area contributed by atoms with Gasteiger partial charge in [-0.15, -0.1) is 0 Å². The highest BCUT2D eigenvalue weighted by atomic mass is 19.3. The van der Waals surface area contributed by atoms with Gasteiger partial charge in [0.25, 0.3) is 0 Å². The van der Waals surface area contributed by atoms with Gasteiger partial charge in [-0.05, 0) is 30.7 Å². The highest BCUT2D eigenvalue weighted by Crippen LogP contribution is 2.26. The second kappa shape index (κ2) is 6.34. The third kappa shape index (κ3) is 3.49. The Morgan fingerprint density at radius 1 is 1.16 bits per heavy atom. The van der Waals surface area contributed by atoms with Crippen LogP contribution in [0.25, 0.3) is 11.0 Å². The Kier molecular flexibility index (Phi) is 4.22. The van der Waals surface area contributed by atoms with Crippen LogP contribution in [-0.4, -0.2) is 22.5 Å². The minimum absolute atomic E-state index is 0.0469. The van der Waals surface area contributed by atoms with E-state index < -0.39 is 24.1 Å². The SMILES string of the molecule is Cc1ccc(OC(=O)c2cc(F)c3[nH]c(=O)[nH]c3c2)cc1OC(F)F. The van der Waals surface area contributed by atoms with Gasteiger partial charge in [-0.2, -0.15) is 8.78 Å². The fourth-order valence-corrected chi connectivity index (χ4v) is 2.25. The number of esters is 1. The highest BCUT2D eigenvalue weighted by molar-refractivity contribution is 5.95. The molecule has 6 nitrogen and oxygen atoms in total. The van der Waals surface area contributed by atoms with Crippen molar-refractivity contribution < 1.29 is 27.4 Å². The second-order valence-electron chi connectivity index (χ2n) is 5.16. The van der Waals surface area contributed by atoms with Crippen molar-refractivity contribution >= 4 is 17.0 Å². The van der Waals surface area contributed by atoms with E-state index in [1.54, 1.807) is 6.92 Å². The van der Waals surface area contributed by atoms with E-state index in [2.05, 4.69) is 14.7 Å². The maximum absolute atomic E-state index is 13.9. The number of aryl methyl sites for hydroxylation is 1. The number of carbonyl (C=O) groups excluding carboxylic acids is 1. The fraction of sp³-hybridized carbons (Fsp3) is 0.125. The van der Waals surface area contributed by atoms with Gasteiger partial charge < -0.3 is 19.4 Å². The molecule has 25 heavy (non-hydrogen) atoms. The number of hydrogen-bond acceptors (Lipinski definition) is 4.